The summed E-state index contributed by atoms with van der Waals surface area (Å²) in [5.74, 6) is -0.344. The second-order valence-electron chi connectivity index (χ2n) is 7.80. The molecule has 0 spiro atoms. The number of benzene rings is 2. The van der Waals surface area contributed by atoms with Crippen molar-refractivity contribution >= 4 is 29.0 Å². The van der Waals surface area contributed by atoms with Gasteiger partial charge in [-0.15, -0.1) is 5.53 Å². The number of carbonyl (C=O) groups is 1. The molecule has 1 fully saturated rings. The van der Waals surface area contributed by atoms with E-state index in [2.05, 4.69) is 17.5 Å². The zero-order valence-electron chi connectivity index (χ0n) is 17.1. The number of hydrogen-bond donors (Lipinski definition) is 1. The summed E-state index contributed by atoms with van der Waals surface area (Å²) in [5, 5.41) is 3.83. The molecule has 0 aromatic heterocycles. The SMILES string of the molecule is CN1CCN(C(=O)N2C=C3CN=C(c4ccccc4F)c4cc(Cl)ccc4N3N2)CC1. The van der Waals surface area contributed by atoms with E-state index >= 15 is 0 Å². The van der Waals surface area contributed by atoms with Gasteiger partial charge >= 0.3 is 6.03 Å². The monoisotopic (exact) mass is 440 g/mol. The van der Waals surface area contributed by atoms with E-state index in [0.29, 0.717) is 35.0 Å². The van der Waals surface area contributed by atoms with Crippen molar-refractivity contribution in [2.24, 2.45) is 4.99 Å². The average molecular weight is 441 g/mol. The number of urea groups is 1. The highest BCUT2D eigenvalue weighted by atomic mass is 35.5. The number of halogens is 2. The highest BCUT2D eigenvalue weighted by molar-refractivity contribution is 6.31. The molecule has 1 N–H and O–H groups in total. The first kappa shape index (κ1) is 20.0. The third-order valence-corrected chi connectivity index (χ3v) is 5.97. The van der Waals surface area contributed by atoms with Crippen molar-refractivity contribution < 1.29 is 9.18 Å². The molecule has 3 aliphatic rings. The molecule has 5 rings (SSSR count). The molecule has 0 bridgehead atoms. The molecule has 160 valence electrons. The summed E-state index contributed by atoms with van der Waals surface area (Å²) in [5.41, 5.74) is 6.35. The van der Waals surface area contributed by atoms with Gasteiger partial charge in [-0.3, -0.25) is 10.0 Å². The van der Waals surface area contributed by atoms with E-state index in [-0.39, 0.29) is 18.4 Å². The van der Waals surface area contributed by atoms with Crippen LogP contribution in [0.1, 0.15) is 11.1 Å². The lowest BCUT2D eigenvalue weighted by atomic mass is 10.00. The first-order chi connectivity index (χ1) is 15.0. The largest absolute Gasteiger partial charge is 0.340 e. The summed E-state index contributed by atoms with van der Waals surface area (Å²) in [4.78, 5) is 21.8. The van der Waals surface area contributed by atoms with Gasteiger partial charge in [0.2, 0.25) is 0 Å². The van der Waals surface area contributed by atoms with Crippen LogP contribution in [0.15, 0.2) is 59.4 Å². The number of anilines is 1. The number of nitrogens with zero attached hydrogens (tertiary/aromatic N) is 5. The number of aliphatic imine (C=N–C) groups is 1. The van der Waals surface area contributed by atoms with Crippen LogP contribution in [0.3, 0.4) is 0 Å². The van der Waals surface area contributed by atoms with Gasteiger partial charge in [-0.25, -0.2) is 14.2 Å². The van der Waals surface area contributed by atoms with Crippen LogP contribution in [-0.2, 0) is 0 Å². The maximum atomic E-state index is 14.6. The zero-order valence-corrected chi connectivity index (χ0v) is 17.8. The van der Waals surface area contributed by atoms with Crippen LogP contribution in [0, 0.1) is 5.82 Å². The molecular weight excluding hydrogens is 419 g/mol. The molecule has 2 aromatic carbocycles. The van der Waals surface area contributed by atoms with Gasteiger partial charge in [-0.2, -0.15) is 0 Å². The quantitative estimate of drug-likeness (QED) is 0.740. The Balaban J connectivity index is 1.50. The van der Waals surface area contributed by atoms with Crippen molar-refractivity contribution in [2.45, 2.75) is 0 Å². The topological polar surface area (TPSA) is 54.4 Å². The highest BCUT2D eigenvalue weighted by Gasteiger charge is 2.33. The molecule has 2 amide bonds. The fraction of sp³-hybridized carbons (Fsp3) is 0.273. The molecule has 1 saturated heterocycles. The highest BCUT2D eigenvalue weighted by Crippen LogP contribution is 2.33. The van der Waals surface area contributed by atoms with Gasteiger partial charge in [0.05, 0.1) is 29.8 Å². The number of rotatable bonds is 1. The predicted octanol–water partition coefficient (Wildman–Crippen LogP) is 3.08. The van der Waals surface area contributed by atoms with Crippen molar-refractivity contribution in [3.05, 3.63) is 76.3 Å². The number of carbonyl (C=O) groups excluding carboxylic acids is 1. The lowest BCUT2D eigenvalue weighted by Crippen LogP contribution is -2.54. The van der Waals surface area contributed by atoms with Gasteiger partial charge in [0.25, 0.3) is 0 Å². The molecule has 2 aromatic rings. The summed E-state index contributed by atoms with van der Waals surface area (Å²) >= 11 is 6.28. The van der Waals surface area contributed by atoms with Gasteiger partial charge < -0.3 is 9.80 Å². The molecule has 0 unspecified atom stereocenters. The molecule has 9 heteroatoms. The fourth-order valence-electron chi connectivity index (χ4n) is 4.00. The molecule has 31 heavy (non-hydrogen) atoms. The van der Waals surface area contributed by atoms with Crippen molar-refractivity contribution in [1.82, 2.24) is 20.3 Å². The van der Waals surface area contributed by atoms with Crippen LogP contribution in [0.4, 0.5) is 14.9 Å². The Kier molecular flexibility index (Phi) is 5.13. The summed E-state index contributed by atoms with van der Waals surface area (Å²) in [7, 11) is 2.05. The van der Waals surface area contributed by atoms with Crippen molar-refractivity contribution in [3.63, 3.8) is 0 Å². The van der Waals surface area contributed by atoms with E-state index in [1.807, 2.05) is 16.0 Å². The van der Waals surface area contributed by atoms with E-state index < -0.39 is 0 Å². The summed E-state index contributed by atoms with van der Waals surface area (Å²) in [6.45, 7) is 3.33. The third-order valence-electron chi connectivity index (χ3n) is 5.74. The molecule has 3 heterocycles. The van der Waals surface area contributed by atoms with E-state index in [1.54, 1.807) is 36.5 Å². The first-order valence-corrected chi connectivity index (χ1v) is 10.5. The Morgan fingerprint density at radius 2 is 1.87 bits per heavy atom. The molecule has 7 nitrogen and oxygen atoms in total. The van der Waals surface area contributed by atoms with Gasteiger partial charge in [0.15, 0.2) is 0 Å². The standard InChI is InChI=1S/C22H22ClFN6O/c1-27-8-10-28(11-9-27)22(31)29-14-16-13-25-21(17-4-2-3-5-19(17)24)18-12-15(23)6-7-20(18)30(16)26-29/h2-7,12,14,26H,8-11,13H2,1H3. The zero-order chi connectivity index (χ0) is 21.5. The van der Waals surface area contributed by atoms with Crippen LogP contribution < -0.4 is 10.5 Å². The second-order valence-corrected chi connectivity index (χ2v) is 8.24. The number of likely N-dealkylation sites (N-methyl/N-ethyl adjacent to an activating group) is 1. The van der Waals surface area contributed by atoms with Crippen molar-refractivity contribution in [2.75, 3.05) is 44.8 Å². The van der Waals surface area contributed by atoms with Crippen molar-refractivity contribution in [3.8, 4) is 0 Å². The van der Waals surface area contributed by atoms with Gasteiger partial charge in [-0.1, -0.05) is 23.7 Å². The number of fused-ring (bicyclic) bond motifs is 3. The normalized spacial score (nSPS) is 18.9. The van der Waals surface area contributed by atoms with E-state index in [9.17, 15) is 9.18 Å². The average Bonchev–Trinajstić information content (AvgIpc) is 3.13. The van der Waals surface area contributed by atoms with E-state index in [4.69, 9.17) is 16.6 Å². The number of amides is 2. The summed E-state index contributed by atoms with van der Waals surface area (Å²) in [6, 6.07) is 11.9. The summed E-state index contributed by atoms with van der Waals surface area (Å²) < 4.78 is 14.6. The van der Waals surface area contributed by atoms with Gasteiger partial charge in [0.1, 0.15) is 5.82 Å². The van der Waals surface area contributed by atoms with Crippen LogP contribution in [0.5, 0.6) is 0 Å². The Bertz CT molecular complexity index is 1100. The minimum absolute atomic E-state index is 0.109. The van der Waals surface area contributed by atoms with Crippen LogP contribution in [0.25, 0.3) is 0 Å². The van der Waals surface area contributed by atoms with Crippen LogP contribution in [0.2, 0.25) is 5.02 Å². The van der Waals surface area contributed by atoms with E-state index in [0.717, 1.165) is 24.5 Å². The second kappa shape index (κ2) is 7.96. The molecular formula is C22H22ClFN6O. The number of hydrogen-bond acceptors (Lipinski definition) is 5. The maximum Gasteiger partial charge on any atom is 0.340 e. The van der Waals surface area contributed by atoms with Gasteiger partial charge in [0, 0.05) is 42.3 Å². The Morgan fingerprint density at radius 3 is 2.65 bits per heavy atom. The number of piperazine rings is 1. The summed E-state index contributed by atoms with van der Waals surface area (Å²) in [6.07, 6.45) is 1.76. The Morgan fingerprint density at radius 1 is 1.10 bits per heavy atom. The smallest absolute Gasteiger partial charge is 0.321 e. The van der Waals surface area contributed by atoms with Gasteiger partial charge in [-0.05, 0) is 37.4 Å². The molecule has 0 aliphatic carbocycles. The minimum Gasteiger partial charge on any atom is -0.321 e. The lowest BCUT2D eigenvalue weighted by molar-refractivity contribution is 0.125. The minimum atomic E-state index is -0.344. The molecule has 3 aliphatic heterocycles. The van der Waals surface area contributed by atoms with Crippen molar-refractivity contribution in [1.29, 1.82) is 0 Å². The van der Waals surface area contributed by atoms with E-state index in [1.165, 1.54) is 11.1 Å². The lowest BCUT2D eigenvalue weighted by Gasteiger charge is -2.34. The molecule has 0 saturated carbocycles. The number of nitrogens with one attached hydrogen (secondary N) is 1. The first-order valence-electron chi connectivity index (χ1n) is 10.1. The Labute approximate surface area is 184 Å². The maximum absolute atomic E-state index is 14.6. The Hall–Kier alpha value is -2.94. The van der Waals surface area contributed by atoms with Crippen LogP contribution in [-0.4, -0.2) is 66.3 Å². The molecule has 0 radical (unpaired) electrons. The molecule has 0 atom stereocenters. The third kappa shape index (κ3) is 3.67. The van der Waals surface area contributed by atoms with Crippen LogP contribution >= 0.6 is 11.6 Å². The predicted molar refractivity (Wildman–Crippen MR) is 118 cm³/mol. The number of hydrazine groups is 2. The fourth-order valence-corrected chi connectivity index (χ4v) is 4.17.